The third kappa shape index (κ3) is 4.76. The van der Waals surface area contributed by atoms with Crippen molar-refractivity contribution in [3.05, 3.63) is 18.0 Å². The van der Waals surface area contributed by atoms with Crippen LogP contribution in [0.25, 0.3) is 0 Å². The molecule has 0 aromatic carbocycles. The van der Waals surface area contributed by atoms with Crippen LogP contribution in [0.15, 0.2) is 17.4 Å². The van der Waals surface area contributed by atoms with Crippen molar-refractivity contribution in [3.63, 3.8) is 0 Å². The van der Waals surface area contributed by atoms with Crippen molar-refractivity contribution in [2.75, 3.05) is 13.7 Å². The van der Waals surface area contributed by atoms with Gasteiger partial charge in [0.15, 0.2) is 5.16 Å². The van der Waals surface area contributed by atoms with E-state index in [0.717, 1.165) is 10.9 Å². The molecule has 2 atom stereocenters. The zero-order valence-electron chi connectivity index (χ0n) is 12.8. The summed E-state index contributed by atoms with van der Waals surface area (Å²) in [5, 5.41) is 4.14. The maximum absolute atomic E-state index is 11.9. The molecule has 0 spiro atoms. The molecule has 1 aromatic heterocycles. The van der Waals surface area contributed by atoms with E-state index in [9.17, 15) is 4.79 Å². The summed E-state index contributed by atoms with van der Waals surface area (Å²) in [6.45, 7) is 8.56. The van der Waals surface area contributed by atoms with Gasteiger partial charge < -0.3 is 10.1 Å². The monoisotopic (exact) mass is 297 g/mol. The first kappa shape index (κ1) is 16.9. The molecule has 5 nitrogen and oxygen atoms in total. The average Bonchev–Trinajstić information content (AvgIpc) is 2.37. The Labute approximate surface area is 124 Å². The number of rotatable bonds is 7. The number of hydrogen-bond acceptors (Lipinski definition) is 6. The zero-order chi connectivity index (χ0) is 15.2. The molecule has 20 heavy (non-hydrogen) atoms. The average molecular weight is 297 g/mol. The lowest BCUT2D eigenvalue weighted by atomic mass is 9.96. The minimum atomic E-state index is -0.681. The number of carbonyl (C=O) groups excluding carboxylic acids is 1. The standard InChI is InChI=1S/C14H23N3O2S/c1-6-16-14(4,12(18)19-5)9-11(3)20-13-15-8-7-10(2)17-13/h7-8,11,16H,6,9H2,1-5H3. The number of aromatic nitrogens is 2. The summed E-state index contributed by atoms with van der Waals surface area (Å²) in [5.74, 6) is -0.239. The van der Waals surface area contributed by atoms with E-state index in [0.29, 0.717) is 13.0 Å². The molecule has 1 aromatic rings. The Balaban J connectivity index is 2.71. The maximum atomic E-state index is 11.9. The topological polar surface area (TPSA) is 64.1 Å². The van der Waals surface area contributed by atoms with E-state index in [4.69, 9.17) is 4.74 Å². The van der Waals surface area contributed by atoms with Crippen LogP contribution in [-0.2, 0) is 9.53 Å². The van der Waals surface area contributed by atoms with Gasteiger partial charge in [0.25, 0.3) is 0 Å². The van der Waals surface area contributed by atoms with Crippen LogP contribution >= 0.6 is 11.8 Å². The third-order valence-electron chi connectivity index (χ3n) is 2.98. The highest BCUT2D eigenvalue weighted by atomic mass is 32.2. The quantitative estimate of drug-likeness (QED) is 0.473. The van der Waals surface area contributed by atoms with Gasteiger partial charge in [-0.3, -0.25) is 4.79 Å². The van der Waals surface area contributed by atoms with Gasteiger partial charge in [0.2, 0.25) is 0 Å². The fourth-order valence-electron chi connectivity index (χ4n) is 2.12. The minimum Gasteiger partial charge on any atom is -0.468 e. The Morgan fingerprint density at radius 2 is 2.30 bits per heavy atom. The number of methoxy groups -OCH3 is 1. The molecule has 0 amide bonds. The molecule has 0 aliphatic carbocycles. The molecule has 0 radical (unpaired) electrons. The van der Waals surface area contributed by atoms with Crippen molar-refractivity contribution in [1.82, 2.24) is 15.3 Å². The second kappa shape index (κ2) is 7.59. The van der Waals surface area contributed by atoms with Gasteiger partial charge >= 0.3 is 5.97 Å². The molecule has 0 saturated carbocycles. The van der Waals surface area contributed by atoms with Crippen molar-refractivity contribution in [2.45, 2.75) is 50.1 Å². The number of nitrogens with zero attached hydrogens (tertiary/aromatic N) is 2. The summed E-state index contributed by atoms with van der Waals surface area (Å²) in [6, 6.07) is 1.87. The third-order valence-corrected chi connectivity index (χ3v) is 3.95. The lowest BCUT2D eigenvalue weighted by Crippen LogP contribution is -2.51. The van der Waals surface area contributed by atoms with E-state index in [1.807, 2.05) is 26.8 Å². The number of nitrogens with one attached hydrogen (secondary N) is 1. The van der Waals surface area contributed by atoms with E-state index in [2.05, 4.69) is 22.2 Å². The zero-order valence-corrected chi connectivity index (χ0v) is 13.6. The van der Waals surface area contributed by atoms with Crippen LogP contribution in [0, 0.1) is 6.92 Å². The molecule has 2 unspecified atom stereocenters. The number of ether oxygens (including phenoxy) is 1. The Morgan fingerprint density at radius 1 is 1.60 bits per heavy atom. The predicted octanol–water partition coefficient (Wildman–Crippen LogP) is 2.20. The second-order valence-corrected chi connectivity index (χ2v) is 6.37. The molecule has 6 heteroatoms. The lowest BCUT2D eigenvalue weighted by Gasteiger charge is -2.29. The summed E-state index contributed by atoms with van der Waals surface area (Å²) in [6.07, 6.45) is 2.40. The molecule has 0 aliphatic heterocycles. The van der Waals surface area contributed by atoms with Crippen molar-refractivity contribution in [2.24, 2.45) is 0 Å². The maximum Gasteiger partial charge on any atom is 0.325 e. The highest BCUT2D eigenvalue weighted by Gasteiger charge is 2.35. The van der Waals surface area contributed by atoms with Crippen molar-refractivity contribution in [1.29, 1.82) is 0 Å². The van der Waals surface area contributed by atoms with Crippen molar-refractivity contribution >= 4 is 17.7 Å². The highest BCUT2D eigenvalue weighted by molar-refractivity contribution is 7.99. The molecule has 0 saturated heterocycles. The predicted molar refractivity (Wildman–Crippen MR) is 80.8 cm³/mol. The Kier molecular flexibility index (Phi) is 6.42. The number of hydrogen-bond donors (Lipinski definition) is 1. The first-order valence-corrected chi connectivity index (χ1v) is 7.59. The Hall–Kier alpha value is -1.14. The number of esters is 1. The summed E-state index contributed by atoms with van der Waals surface area (Å²) in [4.78, 5) is 20.5. The van der Waals surface area contributed by atoms with Crippen molar-refractivity contribution < 1.29 is 9.53 Å². The van der Waals surface area contributed by atoms with Crippen LogP contribution in [0.5, 0.6) is 0 Å². The van der Waals surface area contributed by atoms with Gasteiger partial charge in [0.1, 0.15) is 5.54 Å². The number of likely N-dealkylation sites (N-methyl/N-ethyl adjacent to an activating group) is 1. The molecule has 0 fully saturated rings. The van der Waals surface area contributed by atoms with Gasteiger partial charge in [0.05, 0.1) is 7.11 Å². The molecule has 1 N–H and O–H groups in total. The van der Waals surface area contributed by atoms with E-state index in [1.165, 1.54) is 7.11 Å². The van der Waals surface area contributed by atoms with Crippen LogP contribution in [0.3, 0.4) is 0 Å². The van der Waals surface area contributed by atoms with E-state index < -0.39 is 5.54 Å². The molecular formula is C14H23N3O2S. The number of thioether (sulfide) groups is 1. The number of aryl methyl sites for hydroxylation is 1. The van der Waals surface area contributed by atoms with Gasteiger partial charge in [-0.15, -0.1) is 0 Å². The van der Waals surface area contributed by atoms with Crippen LogP contribution < -0.4 is 5.32 Å². The Morgan fingerprint density at radius 3 is 2.85 bits per heavy atom. The first-order valence-electron chi connectivity index (χ1n) is 6.71. The smallest absolute Gasteiger partial charge is 0.325 e. The van der Waals surface area contributed by atoms with Gasteiger partial charge in [-0.05, 0) is 32.9 Å². The SMILES string of the molecule is CCNC(C)(CC(C)Sc1nccc(C)n1)C(=O)OC. The normalized spacial score (nSPS) is 15.4. The molecule has 0 bridgehead atoms. The van der Waals surface area contributed by atoms with Crippen LogP contribution in [-0.4, -0.2) is 40.4 Å². The van der Waals surface area contributed by atoms with Crippen molar-refractivity contribution in [3.8, 4) is 0 Å². The summed E-state index contributed by atoms with van der Waals surface area (Å²) in [5.41, 5.74) is 0.261. The summed E-state index contributed by atoms with van der Waals surface area (Å²) in [7, 11) is 1.42. The Bertz CT molecular complexity index is 456. The lowest BCUT2D eigenvalue weighted by molar-refractivity contribution is -0.148. The molecule has 0 aliphatic rings. The van der Waals surface area contributed by atoms with Crippen LogP contribution in [0.1, 0.15) is 32.9 Å². The molecule has 1 heterocycles. The van der Waals surface area contributed by atoms with Gasteiger partial charge in [-0.25, -0.2) is 9.97 Å². The fourth-order valence-corrected chi connectivity index (χ4v) is 3.22. The van der Waals surface area contributed by atoms with E-state index >= 15 is 0 Å². The highest BCUT2D eigenvalue weighted by Crippen LogP contribution is 2.27. The number of carbonyl (C=O) groups is 1. The fraction of sp³-hybridized carbons (Fsp3) is 0.643. The molecular weight excluding hydrogens is 274 g/mol. The van der Waals surface area contributed by atoms with Crippen LogP contribution in [0.4, 0.5) is 0 Å². The summed E-state index contributed by atoms with van der Waals surface area (Å²) < 4.78 is 4.90. The molecule has 112 valence electrons. The van der Waals surface area contributed by atoms with Gasteiger partial charge in [-0.2, -0.15) is 0 Å². The molecule has 1 rings (SSSR count). The van der Waals surface area contributed by atoms with Crippen LogP contribution in [0.2, 0.25) is 0 Å². The largest absolute Gasteiger partial charge is 0.468 e. The van der Waals surface area contributed by atoms with Gasteiger partial charge in [-0.1, -0.05) is 25.6 Å². The van der Waals surface area contributed by atoms with E-state index in [1.54, 1.807) is 18.0 Å². The minimum absolute atomic E-state index is 0.194. The van der Waals surface area contributed by atoms with Gasteiger partial charge in [0, 0.05) is 17.1 Å². The van der Waals surface area contributed by atoms with E-state index in [-0.39, 0.29) is 11.2 Å². The first-order chi connectivity index (χ1) is 9.41. The summed E-state index contributed by atoms with van der Waals surface area (Å²) >= 11 is 1.57. The second-order valence-electron chi connectivity index (χ2n) is 4.97.